The number of hydrogen-bond donors (Lipinski definition) is 1. The topological polar surface area (TPSA) is 24.5 Å². The number of methoxy groups -OCH3 is 1. The minimum Gasteiger partial charge on any atom is -0.497 e. The maximum Gasteiger partial charge on any atom is 0.119 e. The molecule has 3 nitrogen and oxygen atoms in total. The van der Waals surface area contributed by atoms with Gasteiger partial charge in [-0.05, 0) is 57.7 Å². The summed E-state index contributed by atoms with van der Waals surface area (Å²) in [6.45, 7) is 4.21. The van der Waals surface area contributed by atoms with Crippen molar-refractivity contribution < 1.29 is 4.74 Å². The Kier molecular flexibility index (Phi) is 5.12. The van der Waals surface area contributed by atoms with Crippen molar-refractivity contribution >= 4 is 5.69 Å². The van der Waals surface area contributed by atoms with Crippen molar-refractivity contribution in [3.8, 4) is 5.75 Å². The number of ether oxygens (including phenoxy) is 1. The zero-order chi connectivity index (χ0) is 12.0. The molecule has 0 aliphatic carbocycles. The van der Waals surface area contributed by atoms with E-state index in [2.05, 4.69) is 37.3 Å². The van der Waals surface area contributed by atoms with E-state index in [1.54, 1.807) is 7.11 Å². The number of nitrogens with zero attached hydrogens (tertiary/aromatic N) is 1. The second-order valence-electron chi connectivity index (χ2n) is 4.26. The van der Waals surface area contributed by atoms with Gasteiger partial charge in [0.15, 0.2) is 0 Å². The molecular formula is C13H22N2O. The second kappa shape index (κ2) is 6.38. The summed E-state index contributed by atoms with van der Waals surface area (Å²) >= 11 is 0. The zero-order valence-electron chi connectivity index (χ0n) is 10.7. The molecule has 3 heteroatoms. The van der Waals surface area contributed by atoms with Gasteiger partial charge in [0.1, 0.15) is 5.75 Å². The van der Waals surface area contributed by atoms with E-state index in [-0.39, 0.29) is 0 Å². The van der Waals surface area contributed by atoms with Gasteiger partial charge in [-0.2, -0.15) is 0 Å². The van der Waals surface area contributed by atoms with Crippen LogP contribution in [0.4, 0.5) is 5.69 Å². The molecule has 0 heterocycles. The molecule has 1 N–H and O–H groups in total. The van der Waals surface area contributed by atoms with Gasteiger partial charge in [0.05, 0.1) is 7.11 Å². The van der Waals surface area contributed by atoms with Crippen LogP contribution in [-0.2, 0) is 0 Å². The van der Waals surface area contributed by atoms with Crippen molar-refractivity contribution in [1.82, 2.24) is 4.90 Å². The SMILES string of the molecule is COc1ccc(NCCCN(C)C)c(C)c1. The highest BCUT2D eigenvalue weighted by atomic mass is 16.5. The lowest BCUT2D eigenvalue weighted by molar-refractivity contribution is 0.405. The van der Waals surface area contributed by atoms with E-state index in [1.807, 2.05) is 12.1 Å². The number of rotatable bonds is 6. The van der Waals surface area contributed by atoms with E-state index >= 15 is 0 Å². The van der Waals surface area contributed by atoms with Crippen molar-refractivity contribution in [2.75, 3.05) is 39.6 Å². The van der Waals surface area contributed by atoms with Crippen LogP contribution in [-0.4, -0.2) is 39.2 Å². The quantitative estimate of drug-likeness (QED) is 0.748. The third-order valence-corrected chi connectivity index (χ3v) is 2.53. The maximum atomic E-state index is 5.17. The van der Waals surface area contributed by atoms with Crippen LogP contribution in [0.1, 0.15) is 12.0 Å². The lowest BCUT2D eigenvalue weighted by Crippen LogP contribution is -2.16. The van der Waals surface area contributed by atoms with Gasteiger partial charge in [-0.1, -0.05) is 0 Å². The van der Waals surface area contributed by atoms with Crippen LogP contribution in [0.3, 0.4) is 0 Å². The van der Waals surface area contributed by atoms with Gasteiger partial charge < -0.3 is 15.0 Å². The van der Waals surface area contributed by atoms with Crippen molar-refractivity contribution in [3.63, 3.8) is 0 Å². The summed E-state index contributed by atoms with van der Waals surface area (Å²) in [7, 11) is 5.89. The number of nitrogens with one attached hydrogen (secondary N) is 1. The van der Waals surface area contributed by atoms with Crippen molar-refractivity contribution in [2.45, 2.75) is 13.3 Å². The first-order valence-corrected chi connectivity index (χ1v) is 5.66. The Hall–Kier alpha value is -1.22. The van der Waals surface area contributed by atoms with E-state index in [0.717, 1.165) is 25.3 Å². The monoisotopic (exact) mass is 222 g/mol. The lowest BCUT2D eigenvalue weighted by atomic mass is 10.2. The minimum atomic E-state index is 0.913. The molecule has 1 aromatic carbocycles. The molecule has 1 aromatic rings. The second-order valence-corrected chi connectivity index (χ2v) is 4.26. The first-order valence-electron chi connectivity index (χ1n) is 5.66. The summed E-state index contributed by atoms with van der Waals surface area (Å²) in [5.74, 6) is 0.913. The molecule has 0 fully saturated rings. The molecule has 1 rings (SSSR count). The molecule has 0 saturated heterocycles. The normalized spacial score (nSPS) is 10.6. The van der Waals surface area contributed by atoms with Crippen LogP contribution in [0.2, 0.25) is 0 Å². The molecule has 0 aliphatic heterocycles. The van der Waals surface area contributed by atoms with E-state index in [4.69, 9.17) is 4.74 Å². The third kappa shape index (κ3) is 4.11. The summed E-state index contributed by atoms with van der Waals surface area (Å²) in [5.41, 5.74) is 2.42. The fourth-order valence-electron chi connectivity index (χ4n) is 1.58. The molecule has 0 aliphatic rings. The highest BCUT2D eigenvalue weighted by molar-refractivity contribution is 5.53. The summed E-state index contributed by atoms with van der Waals surface area (Å²) < 4.78 is 5.17. The van der Waals surface area contributed by atoms with Gasteiger partial charge in [-0.25, -0.2) is 0 Å². The van der Waals surface area contributed by atoms with Crippen molar-refractivity contribution in [2.24, 2.45) is 0 Å². The summed E-state index contributed by atoms with van der Waals surface area (Å²) in [6.07, 6.45) is 1.15. The predicted molar refractivity (Wildman–Crippen MR) is 69.4 cm³/mol. The Balaban J connectivity index is 2.42. The summed E-state index contributed by atoms with van der Waals surface area (Å²) in [6, 6.07) is 6.11. The lowest BCUT2D eigenvalue weighted by Gasteiger charge is -2.12. The molecule has 0 saturated carbocycles. The van der Waals surface area contributed by atoms with Gasteiger partial charge in [0, 0.05) is 12.2 Å². The fourth-order valence-corrected chi connectivity index (χ4v) is 1.58. The average molecular weight is 222 g/mol. The van der Waals surface area contributed by atoms with Crippen molar-refractivity contribution in [1.29, 1.82) is 0 Å². The zero-order valence-corrected chi connectivity index (χ0v) is 10.7. The number of aryl methyl sites for hydroxylation is 1. The molecular weight excluding hydrogens is 200 g/mol. The first kappa shape index (κ1) is 12.8. The van der Waals surface area contributed by atoms with Crippen LogP contribution in [0.5, 0.6) is 5.75 Å². The maximum absolute atomic E-state index is 5.17. The highest BCUT2D eigenvalue weighted by Crippen LogP contribution is 2.20. The summed E-state index contributed by atoms with van der Waals surface area (Å²) in [4.78, 5) is 2.20. The Morgan fingerprint density at radius 3 is 2.62 bits per heavy atom. The fraction of sp³-hybridized carbons (Fsp3) is 0.538. The van der Waals surface area contributed by atoms with Gasteiger partial charge in [-0.3, -0.25) is 0 Å². The minimum absolute atomic E-state index is 0.913. The van der Waals surface area contributed by atoms with Gasteiger partial charge >= 0.3 is 0 Å². The largest absolute Gasteiger partial charge is 0.497 e. The predicted octanol–water partition coefficient (Wildman–Crippen LogP) is 2.37. The van der Waals surface area contributed by atoms with E-state index in [9.17, 15) is 0 Å². The highest BCUT2D eigenvalue weighted by Gasteiger charge is 1.99. The number of anilines is 1. The molecule has 0 spiro atoms. The van der Waals surface area contributed by atoms with E-state index in [1.165, 1.54) is 11.3 Å². The van der Waals surface area contributed by atoms with Gasteiger partial charge in [0.2, 0.25) is 0 Å². The number of hydrogen-bond acceptors (Lipinski definition) is 3. The Morgan fingerprint density at radius 2 is 2.06 bits per heavy atom. The van der Waals surface area contributed by atoms with E-state index < -0.39 is 0 Å². The third-order valence-electron chi connectivity index (χ3n) is 2.53. The standard InChI is InChI=1S/C13H22N2O/c1-11-10-12(16-4)6-7-13(11)14-8-5-9-15(2)3/h6-7,10,14H,5,8-9H2,1-4H3. The van der Waals surface area contributed by atoms with Crippen LogP contribution in [0, 0.1) is 6.92 Å². The molecule has 0 bridgehead atoms. The summed E-state index contributed by atoms with van der Waals surface area (Å²) in [5, 5.41) is 3.44. The van der Waals surface area contributed by atoms with Crippen LogP contribution < -0.4 is 10.1 Å². The number of benzene rings is 1. The van der Waals surface area contributed by atoms with Crippen molar-refractivity contribution in [3.05, 3.63) is 23.8 Å². The molecule has 0 aromatic heterocycles. The average Bonchev–Trinajstić information content (AvgIpc) is 2.25. The molecule has 90 valence electrons. The molecule has 0 amide bonds. The first-order chi connectivity index (χ1) is 7.63. The smallest absolute Gasteiger partial charge is 0.119 e. The van der Waals surface area contributed by atoms with Crippen LogP contribution in [0.25, 0.3) is 0 Å². The Bertz CT molecular complexity index is 324. The Labute approximate surface area is 98.4 Å². The molecule has 0 radical (unpaired) electrons. The van der Waals surface area contributed by atoms with Gasteiger partial charge in [-0.15, -0.1) is 0 Å². The van der Waals surface area contributed by atoms with Gasteiger partial charge in [0.25, 0.3) is 0 Å². The van der Waals surface area contributed by atoms with Crippen LogP contribution in [0.15, 0.2) is 18.2 Å². The van der Waals surface area contributed by atoms with E-state index in [0.29, 0.717) is 0 Å². The molecule has 0 atom stereocenters. The molecule has 16 heavy (non-hydrogen) atoms. The van der Waals surface area contributed by atoms with Crippen LogP contribution >= 0.6 is 0 Å². The Morgan fingerprint density at radius 1 is 1.31 bits per heavy atom. The molecule has 0 unspecified atom stereocenters.